The molecule has 0 aliphatic heterocycles. The first-order valence-electron chi connectivity index (χ1n) is 6.87. The van der Waals surface area contributed by atoms with Crippen LogP contribution in [0.4, 0.5) is 0 Å². The highest BCUT2D eigenvalue weighted by molar-refractivity contribution is 5.45. The van der Waals surface area contributed by atoms with E-state index in [1.165, 1.54) is 5.56 Å². The molecule has 1 aliphatic carbocycles. The molecule has 1 fully saturated rings. The molecule has 3 nitrogen and oxygen atoms in total. The molecule has 106 valence electrons. The van der Waals surface area contributed by atoms with Gasteiger partial charge in [0.2, 0.25) is 0 Å². The van der Waals surface area contributed by atoms with Crippen molar-refractivity contribution in [3.63, 3.8) is 0 Å². The fraction of sp³-hybridized carbons (Fsp3) is 0.625. The molecule has 1 N–H and O–H groups in total. The number of hydrogen-bond donors (Lipinski definition) is 1. The Morgan fingerprint density at radius 2 is 1.79 bits per heavy atom. The van der Waals surface area contributed by atoms with E-state index < -0.39 is 0 Å². The summed E-state index contributed by atoms with van der Waals surface area (Å²) in [6.45, 7) is 4.43. The summed E-state index contributed by atoms with van der Waals surface area (Å²) in [5.41, 5.74) is 3.67. The lowest BCUT2D eigenvalue weighted by molar-refractivity contribution is 0.115. The average Bonchev–Trinajstić information content (AvgIpc) is 3.09. The number of aliphatic hydroxyl groups is 1. The van der Waals surface area contributed by atoms with Gasteiger partial charge in [0.05, 0.1) is 13.7 Å². The molecule has 0 radical (unpaired) electrons. The van der Waals surface area contributed by atoms with Gasteiger partial charge in [0.15, 0.2) is 0 Å². The largest absolute Gasteiger partial charge is 0.496 e. The van der Waals surface area contributed by atoms with Gasteiger partial charge in [0.1, 0.15) is 5.75 Å². The lowest BCUT2D eigenvalue weighted by Crippen LogP contribution is -2.31. The number of nitrogens with zero attached hydrogens (tertiary/aromatic N) is 1. The molecule has 2 rings (SSSR count). The second-order valence-corrected chi connectivity index (χ2v) is 6.07. The van der Waals surface area contributed by atoms with E-state index in [2.05, 4.69) is 45.0 Å². The Kier molecular flexibility index (Phi) is 3.88. The van der Waals surface area contributed by atoms with E-state index in [1.807, 2.05) is 0 Å². The fourth-order valence-electron chi connectivity index (χ4n) is 3.34. The number of benzene rings is 1. The van der Waals surface area contributed by atoms with Crippen molar-refractivity contribution in [2.75, 3.05) is 27.8 Å². The van der Waals surface area contributed by atoms with Gasteiger partial charge in [-0.2, -0.15) is 0 Å². The second-order valence-electron chi connectivity index (χ2n) is 6.07. The first kappa shape index (κ1) is 14.4. The predicted molar refractivity (Wildman–Crippen MR) is 77.6 cm³/mol. The smallest absolute Gasteiger partial charge is 0.124 e. The Balaban J connectivity index is 2.44. The van der Waals surface area contributed by atoms with Crippen molar-refractivity contribution in [1.29, 1.82) is 0 Å². The molecular weight excluding hydrogens is 238 g/mol. The van der Waals surface area contributed by atoms with E-state index >= 15 is 0 Å². The summed E-state index contributed by atoms with van der Waals surface area (Å²) in [6, 6.07) is 4.68. The standard InChI is InChI=1S/C16H25NO2/c1-11-8-13(9-12(2)14(11)19-5)15(17(3)4)16(10-18)6-7-16/h8-9,15,18H,6-7,10H2,1-5H3. The molecule has 0 heterocycles. The lowest BCUT2D eigenvalue weighted by Gasteiger charge is -2.32. The third-order valence-electron chi connectivity index (χ3n) is 4.31. The normalized spacial score (nSPS) is 18.5. The van der Waals surface area contributed by atoms with Gasteiger partial charge in [0.25, 0.3) is 0 Å². The summed E-state index contributed by atoms with van der Waals surface area (Å²) in [5, 5.41) is 9.73. The molecule has 0 amide bonds. The highest BCUT2D eigenvalue weighted by Crippen LogP contribution is 2.56. The molecule has 1 unspecified atom stereocenters. The van der Waals surface area contributed by atoms with Gasteiger partial charge in [0, 0.05) is 11.5 Å². The topological polar surface area (TPSA) is 32.7 Å². The Hall–Kier alpha value is -1.06. The summed E-state index contributed by atoms with van der Waals surface area (Å²) < 4.78 is 5.44. The zero-order valence-electron chi connectivity index (χ0n) is 12.7. The monoisotopic (exact) mass is 263 g/mol. The number of hydrogen-bond acceptors (Lipinski definition) is 3. The molecule has 0 spiro atoms. The first-order valence-corrected chi connectivity index (χ1v) is 6.87. The zero-order valence-corrected chi connectivity index (χ0v) is 12.7. The van der Waals surface area contributed by atoms with Crippen molar-refractivity contribution in [2.24, 2.45) is 5.41 Å². The van der Waals surface area contributed by atoms with E-state index in [0.29, 0.717) is 0 Å². The second kappa shape index (κ2) is 5.14. The quantitative estimate of drug-likeness (QED) is 0.886. The van der Waals surface area contributed by atoms with Crippen molar-refractivity contribution < 1.29 is 9.84 Å². The summed E-state index contributed by atoms with van der Waals surface area (Å²) in [4.78, 5) is 2.23. The van der Waals surface area contributed by atoms with Gasteiger partial charge in [-0.1, -0.05) is 12.1 Å². The van der Waals surface area contributed by atoms with Crippen LogP contribution in [0.15, 0.2) is 12.1 Å². The highest BCUT2D eigenvalue weighted by Gasteiger charge is 2.50. The molecule has 3 heteroatoms. The molecule has 0 saturated heterocycles. The average molecular weight is 263 g/mol. The minimum atomic E-state index is 0.0525. The van der Waals surface area contributed by atoms with Crippen molar-refractivity contribution in [2.45, 2.75) is 32.7 Å². The molecule has 1 aromatic rings. The van der Waals surface area contributed by atoms with Crippen LogP contribution in [-0.4, -0.2) is 37.8 Å². The van der Waals surface area contributed by atoms with Gasteiger partial charge >= 0.3 is 0 Å². The summed E-state index contributed by atoms with van der Waals surface area (Å²) in [6.07, 6.45) is 2.22. The van der Waals surface area contributed by atoms with Crippen molar-refractivity contribution in [3.8, 4) is 5.75 Å². The molecule has 1 aliphatic rings. The number of rotatable bonds is 5. The molecule has 19 heavy (non-hydrogen) atoms. The van der Waals surface area contributed by atoms with Crippen LogP contribution in [0.25, 0.3) is 0 Å². The number of ether oxygens (including phenoxy) is 1. The highest BCUT2D eigenvalue weighted by atomic mass is 16.5. The van der Waals surface area contributed by atoms with Crippen LogP contribution in [0.5, 0.6) is 5.75 Å². The molecule has 0 aromatic heterocycles. The van der Waals surface area contributed by atoms with Crippen LogP contribution in [0.2, 0.25) is 0 Å². The molecular formula is C16H25NO2. The third kappa shape index (κ3) is 2.49. The predicted octanol–water partition coefficient (Wildman–Crippen LogP) is 2.69. The van der Waals surface area contributed by atoms with Crippen LogP contribution in [-0.2, 0) is 0 Å². The van der Waals surface area contributed by atoms with Crippen LogP contribution < -0.4 is 4.74 Å². The van der Waals surface area contributed by atoms with Crippen LogP contribution in [0.1, 0.15) is 35.6 Å². The molecule has 0 bridgehead atoms. The molecule has 1 saturated carbocycles. The van der Waals surface area contributed by atoms with E-state index in [0.717, 1.165) is 29.7 Å². The minimum absolute atomic E-state index is 0.0525. The van der Waals surface area contributed by atoms with Crippen molar-refractivity contribution in [3.05, 3.63) is 28.8 Å². The van der Waals surface area contributed by atoms with Crippen molar-refractivity contribution in [1.82, 2.24) is 4.90 Å². The summed E-state index contributed by atoms with van der Waals surface area (Å²) in [7, 11) is 5.90. The van der Waals surface area contributed by atoms with Crippen LogP contribution >= 0.6 is 0 Å². The fourth-order valence-corrected chi connectivity index (χ4v) is 3.34. The number of aliphatic hydroxyl groups excluding tert-OH is 1. The summed E-state index contributed by atoms with van der Waals surface area (Å²) in [5.74, 6) is 0.968. The van der Waals surface area contributed by atoms with E-state index in [-0.39, 0.29) is 18.1 Å². The Morgan fingerprint density at radius 1 is 1.26 bits per heavy atom. The van der Waals surface area contributed by atoms with Gasteiger partial charge in [-0.15, -0.1) is 0 Å². The maximum absolute atomic E-state index is 9.73. The third-order valence-corrected chi connectivity index (χ3v) is 4.31. The number of methoxy groups -OCH3 is 1. The Labute approximate surface area is 116 Å². The van der Waals surface area contributed by atoms with Crippen molar-refractivity contribution >= 4 is 0 Å². The minimum Gasteiger partial charge on any atom is -0.496 e. The van der Waals surface area contributed by atoms with Gasteiger partial charge in [-0.25, -0.2) is 0 Å². The molecule has 1 aromatic carbocycles. The van der Waals surface area contributed by atoms with E-state index in [1.54, 1.807) is 7.11 Å². The van der Waals surface area contributed by atoms with Gasteiger partial charge < -0.3 is 14.7 Å². The van der Waals surface area contributed by atoms with Gasteiger partial charge in [-0.05, 0) is 57.5 Å². The Morgan fingerprint density at radius 3 is 2.11 bits per heavy atom. The zero-order chi connectivity index (χ0) is 14.2. The first-order chi connectivity index (χ1) is 8.95. The Bertz CT molecular complexity index is 441. The molecule has 1 atom stereocenters. The number of aryl methyl sites for hydroxylation is 2. The van der Waals surface area contributed by atoms with Gasteiger partial charge in [-0.3, -0.25) is 0 Å². The van der Waals surface area contributed by atoms with E-state index in [4.69, 9.17) is 4.74 Å². The SMILES string of the molecule is COc1c(C)cc(C(N(C)C)C2(CO)CC2)cc1C. The maximum Gasteiger partial charge on any atom is 0.124 e. The maximum atomic E-state index is 9.73. The van der Waals surface area contributed by atoms with Crippen LogP contribution in [0, 0.1) is 19.3 Å². The van der Waals surface area contributed by atoms with Crippen LogP contribution in [0.3, 0.4) is 0 Å². The van der Waals surface area contributed by atoms with E-state index in [9.17, 15) is 5.11 Å². The lowest BCUT2D eigenvalue weighted by atomic mass is 9.88. The summed E-state index contributed by atoms with van der Waals surface area (Å²) >= 11 is 0.